The van der Waals surface area contributed by atoms with E-state index >= 15 is 0 Å². The molecule has 3 N–H and O–H groups in total. The van der Waals surface area contributed by atoms with Crippen molar-refractivity contribution in [1.29, 1.82) is 5.41 Å². The Labute approximate surface area is 96.0 Å². The topological polar surface area (TPSA) is 66.0 Å². The van der Waals surface area contributed by atoms with Crippen molar-refractivity contribution in [2.24, 2.45) is 5.73 Å². The zero-order valence-corrected chi connectivity index (χ0v) is 10.0. The van der Waals surface area contributed by atoms with E-state index in [-0.39, 0.29) is 5.84 Å². The van der Waals surface area contributed by atoms with E-state index in [2.05, 4.69) is 16.9 Å². The first-order valence-electron chi connectivity index (χ1n) is 5.56. The molecule has 0 aromatic carbocycles. The number of anilines is 1. The molecule has 1 aromatic rings. The van der Waals surface area contributed by atoms with Crippen LogP contribution in [0, 0.1) is 19.3 Å². The number of pyridine rings is 1. The molecule has 16 heavy (non-hydrogen) atoms. The molecule has 4 heteroatoms. The summed E-state index contributed by atoms with van der Waals surface area (Å²) in [5.41, 5.74) is 9.28. The Bertz CT molecular complexity index is 435. The largest absolute Gasteiger partial charge is 0.384 e. The SMILES string of the molecule is Cc1cc(N(C)C2CC2)c(C(=N)N)c(C)n1. The first-order chi connectivity index (χ1) is 7.50. The van der Waals surface area contributed by atoms with E-state index in [0.717, 1.165) is 22.6 Å². The van der Waals surface area contributed by atoms with Gasteiger partial charge in [-0.1, -0.05) is 0 Å². The summed E-state index contributed by atoms with van der Waals surface area (Å²) >= 11 is 0. The molecule has 1 heterocycles. The number of nitrogens with one attached hydrogen (secondary N) is 1. The summed E-state index contributed by atoms with van der Waals surface area (Å²) in [5.74, 6) is 0.104. The molecule has 0 unspecified atom stereocenters. The Morgan fingerprint density at radius 2 is 2.12 bits per heavy atom. The van der Waals surface area contributed by atoms with Crippen molar-refractivity contribution in [2.45, 2.75) is 32.7 Å². The van der Waals surface area contributed by atoms with Crippen LogP contribution in [0.5, 0.6) is 0 Å². The lowest BCUT2D eigenvalue weighted by molar-refractivity contribution is 0.906. The van der Waals surface area contributed by atoms with Gasteiger partial charge in [-0.2, -0.15) is 0 Å². The fraction of sp³-hybridized carbons (Fsp3) is 0.500. The quantitative estimate of drug-likeness (QED) is 0.598. The highest BCUT2D eigenvalue weighted by molar-refractivity contribution is 6.01. The summed E-state index contributed by atoms with van der Waals surface area (Å²) in [7, 11) is 2.07. The molecule has 0 spiro atoms. The monoisotopic (exact) mass is 218 g/mol. The Kier molecular flexibility index (Phi) is 2.58. The fourth-order valence-electron chi connectivity index (χ4n) is 2.08. The zero-order valence-electron chi connectivity index (χ0n) is 10.0. The Morgan fingerprint density at radius 1 is 1.50 bits per heavy atom. The minimum Gasteiger partial charge on any atom is -0.384 e. The Hall–Kier alpha value is -1.58. The van der Waals surface area contributed by atoms with Crippen LogP contribution < -0.4 is 10.6 Å². The van der Waals surface area contributed by atoms with E-state index < -0.39 is 0 Å². The number of rotatable bonds is 3. The molecule has 1 aliphatic carbocycles. The van der Waals surface area contributed by atoms with Gasteiger partial charge in [-0.3, -0.25) is 10.4 Å². The predicted octanol–water partition coefficient (Wildman–Crippen LogP) is 1.58. The van der Waals surface area contributed by atoms with Crippen LogP contribution in [-0.4, -0.2) is 23.9 Å². The molecule has 1 aromatic heterocycles. The average Bonchev–Trinajstić information content (AvgIpc) is 2.97. The molecule has 0 amide bonds. The van der Waals surface area contributed by atoms with Gasteiger partial charge in [0.15, 0.2) is 0 Å². The fourth-order valence-corrected chi connectivity index (χ4v) is 2.08. The first-order valence-corrected chi connectivity index (χ1v) is 5.56. The van der Waals surface area contributed by atoms with Crippen LogP contribution >= 0.6 is 0 Å². The third kappa shape index (κ3) is 1.87. The van der Waals surface area contributed by atoms with Crippen molar-refractivity contribution in [1.82, 2.24) is 4.98 Å². The summed E-state index contributed by atoms with van der Waals surface area (Å²) < 4.78 is 0. The number of amidine groups is 1. The summed E-state index contributed by atoms with van der Waals surface area (Å²) in [6.45, 7) is 3.88. The smallest absolute Gasteiger partial charge is 0.126 e. The lowest BCUT2D eigenvalue weighted by Crippen LogP contribution is -2.25. The van der Waals surface area contributed by atoms with Crippen LogP contribution in [0.25, 0.3) is 0 Å². The highest BCUT2D eigenvalue weighted by Crippen LogP contribution is 2.33. The van der Waals surface area contributed by atoms with E-state index in [0.29, 0.717) is 6.04 Å². The number of aryl methyl sites for hydroxylation is 2. The normalized spacial score (nSPS) is 14.9. The highest BCUT2D eigenvalue weighted by Gasteiger charge is 2.28. The van der Waals surface area contributed by atoms with Gasteiger partial charge in [-0.05, 0) is 32.8 Å². The predicted molar refractivity (Wildman–Crippen MR) is 66.2 cm³/mol. The van der Waals surface area contributed by atoms with Gasteiger partial charge in [-0.25, -0.2) is 0 Å². The maximum absolute atomic E-state index is 7.65. The summed E-state index contributed by atoms with van der Waals surface area (Å²) in [6.07, 6.45) is 2.46. The van der Waals surface area contributed by atoms with Gasteiger partial charge in [0.25, 0.3) is 0 Å². The second-order valence-electron chi connectivity index (χ2n) is 4.50. The van der Waals surface area contributed by atoms with Crippen LogP contribution in [0.4, 0.5) is 5.69 Å². The molecular formula is C12H18N4. The molecule has 0 aliphatic heterocycles. The van der Waals surface area contributed by atoms with Gasteiger partial charge in [-0.15, -0.1) is 0 Å². The Balaban J connectivity index is 2.51. The van der Waals surface area contributed by atoms with Crippen molar-refractivity contribution < 1.29 is 0 Å². The van der Waals surface area contributed by atoms with E-state index in [1.807, 2.05) is 19.9 Å². The molecule has 1 saturated carbocycles. The number of nitrogens with two attached hydrogens (primary N) is 1. The van der Waals surface area contributed by atoms with E-state index in [1.54, 1.807) is 0 Å². The van der Waals surface area contributed by atoms with E-state index in [9.17, 15) is 0 Å². The summed E-state index contributed by atoms with van der Waals surface area (Å²) in [6, 6.07) is 2.63. The van der Waals surface area contributed by atoms with Gasteiger partial charge in [0, 0.05) is 18.8 Å². The minimum absolute atomic E-state index is 0.104. The number of hydrogen-bond acceptors (Lipinski definition) is 3. The number of nitrogen functional groups attached to an aromatic ring is 1. The maximum atomic E-state index is 7.65. The van der Waals surface area contributed by atoms with Crippen LogP contribution in [0.15, 0.2) is 6.07 Å². The number of hydrogen-bond donors (Lipinski definition) is 2. The average molecular weight is 218 g/mol. The Morgan fingerprint density at radius 3 is 2.62 bits per heavy atom. The summed E-state index contributed by atoms with van der Waals surface area (Å²) in [5, 5.41) is 7.65. The molecule has 1 fully saturated rings. The van der Waals surface area contributed by atoms with Crippen molar-refractivity contribution in [3.05, 3.63) is 23.0 Å². The van der Waals surface area contributed by atoms with Crippen LogP contribution in [0.3, 0.4) is 0 Å². The number of aromatic nitrogens is 1. The van der Waals surface area contributed by atoms with Gasteiger partial charge >= 0.3 is 0 Å². The summed E-state index contributed by atoms with van der Waals surface area (Å²) in [4.78, 5) is 6.59. The molecule has 2 rings (SSSR count). The lowest BCUT2D eigenvalue weighted by atomic mass is 10.1. The van der Waals surface area contributed by atoms with Gasteiger partial charge < -0.3 is 10.6 Å². The molecular weight excluding hydrogens is 200 g/mol. The highest BCUT2D eigenvalue weighted by atomic mass is 15.2. The molecule has 0 radical (unpaired) electrons. The van der Waals surface area contributed by atoms with Gasteiger partial charge in [0.2, 0.25) is 0 Å². The van der Waals surface area contributed by atoms with Crippen molar-refractivity contribution in [3.63, 3.8) is 0 Å². The van der Waals surface area contributed by atoms with Crippen molar-refractivity contribution in [3.8, 4) is 0 Å². The second-order valence-corrected chi connectivity index (χ2v) is 4.50. The van der Waals surface area contributed by atoms with Crippen LogP contribution in [-0.2, 0) is 0 Å². The molecule has 0 saturated heterocycles. The minimum atomic E-state index is 0.104. The molecule has 0 bridgehead atoms. The third-order valence-corrected chi connectivity index (χ3v) is 3.05. The standard InChI is InChI=1S/C12H18N4/c1-7-6-10(16(3)9-4-5-9)11(12(13)14)8(2)15-7/h6,9H,4-5H2,1-3H3,(H3,13,14). The second kappa shape index (κ2) is 3.77. The molecule has 0 atom stereocenters. The van der Waals surface area contributed by atoms with Crippen molar-refractivity contribution in [2.75, 3.05) is 11.9 Å². The maximum Gasteiger partial charge on any atom is 0.126 e. The molecule has 86 valence electrons. The molecule has 1 aliphatic rings. The third-order valence-electron chi connectivity index (χ3n) is 3.05. The van der Waals surface area contributed by atoms with Crippen molar-refractivity contribution >= 4 is 11.5 Å². The van der Waals surface area contributed by atoms with Gasteiger partial charge in [0.05, 0.1) is 16.9 Å². The number of nitrogens with zero attached hydrogens (tertiary/aromatic N) is 2. The van der Waals surface area contributed by atoms with Gasteiger partial charge in [0.1, 0.15) is 5.84 Å². The van der Waals surface area contributed by atoms with E-state index in [4.69, 9.17) is 11.1 Å². The van der Waals surface area contributed by atoms with Crippen LogP contribution in [0.1, 0.15) is 29.8 Å². The van der Waals surface area contributed by atoms with E-state index in [1.165, 1.54) is 12.8 Å². The van der Waals surface area contributed by atoms with Crippen LogP contribution in [0.2, 0.25) is 0 Å². The lowest BCUT2D eigenvalue weighted by Gasteiger charge is -2.23. The molecule has 4 nitrogen and oxygen atoms in total. The zero-order chi connectivity index (χ0) is 11.9. The first kappa shape index (κ1) is 10.9.